The Morgan fingerprint density at radius 1 is 1.17 bits per heavy atom. The smallest absolute Gasteiger partial charge is 0.181 e. The van der Waals surface area contributed by atoms with Crippen LogP contribution in [0.5, 0.6) is 0 Å². The Kier molecular flexibility index (Phi) is 5.80. The molecule has 30 heavy (non-hydrogen) atoms. The topological polar surface area (TPSA) is 52.6 Å². The standard InChI is InChI=1S/C24H24ClFO4/c1-3-14-5-6-15(16-7-8-18(25)19(26)12-16)11-17(14)21-22(27)20-9-10-24(30-20,23(21)28)13-29-4-2/h5-8,11-12,20-21H,3-4,9-10,13H2,1-2H3/t20-,21?,24-/m0/s1. The molecule has 0 aromatic heterocycles. The second-order valence-corrected chi connectivity index (χ2v) is 8.28. The molecule has 1 unspecified atom stereocenters. The first-order valence-electron chi connectivity index (χ1n) is 10.3. The van der Waals surface area contributed by atoms with Crippen LogP contribution < -0.4 is 0 Å². The highest BCUT2D eigenvalue weighted by molar-refractivity contribution is 6.30. The van der Waals surface area contributed by atoms with Crippen LogP contribution in [0.3, 0.4) is 0 Å². The monoisotopic (exact) mass is 430 g/mol. The second kappa shape index (κ2) is 8.22. The van der Waals surface area contributed by atoms with Crippen LogP contribution in [0.2, 0.25) is 5.02 Å². The second-order valence-electron chi connectivity index (χ2n) is 7.87. The van der Waals surface area contributed by atoms with Crippen LogP contribution in [-0.4, -0.2) is 36.5 Å². The molecular formula is C24H24ClFO4. The molecule has 2 aromatic rings. The summed E-state index contributed by atoms with van der Waals surface area (Å²) in [5, 5.41) is 0.0494. The SMILES string of the molecule is CCOC[C@]12CC[C@H](O1)C(=O)C(c1cc(-c3ccc(Cl)c(F)c3)ccc1CC)C2=O. The zero-order chi connectivity index (χ0) is 21.5. The minimum Gasteiger partial charge on any atom is -0.378 e. The quantitative estimate of drug-likeness (QED) is 0.612. The van der Waals surface area contributed by atoms with E-state index in [0.29, 0.717) is 37.0 Å². The van der Waals surface area contributed by atoms with Crippen molar-refractivity contribution in [1.29, 1.82) is 0 Å². The van der Waals surface area contributed by atoms with Gasteiger partial charge in [0.2, 0.25) is 0 Å². The van der Waals surface area contributed by atoms with Crippen molar-refractivity contribution in [3.63, 3.8) is 0 Å². The van der Waals surface area contributed by atoms with E-state index in [0.717, 1.165) is 11.1 Å². The highest BCUT2D eigenvalue weighted by Crippen LogP contribution is 2.45. The van der Waals surface area contributed by atoms with Crippen molar-refractivity contribution in [3.05, 3.63) is 58.4 Å². The van der Waals surface area contributed by atoms with Crippen LogP contribution in [0.4, 0.5) is 4.39 Å². The Bertz CT molecular complexity index is 1000. The van der Waals surface area contributed by atoms with Gasteiger partial charge < -0.3 is 9.47 Å². The summed E-state index contributed by atoms with van der Waals surface area (Å²) in [6.07, 6.45) is 1.10. The summed E-state index contributed by atoms with van der Waals surface area (Å²) in [6, 6.07) is 10.2. The lowest BCUT2D eigenvalue weighted by atomic mass is 9.78. The van der Waals surface area contributed by atoms with Crippen LogP contribution in [0.25, 0.3) is 11.1 Å². The Labute approximate surface area is 180 Å². The lowest BCUT2D eigenvalue weighted by molar-refractivity contribution is -0.170. The van der Waals surface area contributed by atoms with Gasteiger partial charge in [0.15, 0.2) is 17.2 Å². The number of halogens is 2. The lowest BCUT2D eigenvalue weighted by Crippen LogP contribution is -2.53. The number of aryl methyl sites for hydroxylation is 1. The fourth-order valence-corrected chi connectivity index (χ4v) is 4.61. The highest BCUT2D eigenvalue weighted by Gasteiger charge is 2.58. The first-order valence-corrected chi connectivity index (χ1v) is 10.7. The van der Waals surface area contributed by atoms with Crippen LogP contribution in [-0.2, 0) is 25.5 Å². The van der Waals surface area contributed by atoms with Crippen molar-refractivity contribution in [1.82, 2.24) is 0 Å². The fraction of sp³-hybridized carbons (Fsp3) is 0.417. The molecule has 4 nitrogen and oxygen atoms in total. The average Bonchev–Trinajstić information content (AvgIpc) is 3.16. The number of carbonyl (C=O) groups excluding carboxylic acids is 2. The third kappa shape index (κ3) is 3.49. The van der Waals surface area contributed by atoms with Crippen molar-refractivity contribution in [3.8, 4) is 11.1 Å². The molecule has 0 radical (unpaired) electrons. The van der Waals surface area contributed by atoms with Gasteiger partial charge in [0.25, 0.3) is 0 Å². The number of ketones is 2. The average molecular weight is 431 g/mol. The molecule has 2 heterocycles. The fourth-order valence-electron chi connectivity index (χ4n) is 4.49. The van der Waals surface area contributed by atoms with Crippen LogP contribution in [0.1, 0.15) is 43.7 Å². The van der Waals surface area contributed by atoms with Gasteiger partial charge in [-0.2, -0.15) is 0 Å². The summed E-state index contributed by atoms with van der Waals surface area (Å²) >= 11 is 5.81. The van der Waals surface area contributed by atoms with Crippen molar-refractivity contribution < 1.29 is 23.5 Å². The van der Waals surface area contributed by atoms with Crippen molar-refractivity contribution in [2.45, 2.75) is 50.7 Å². The molecule has 2 fully saturated rings. The van der Waals surface area contributed by atoms with E-state index in [2.05, 4.69) is 0 Å². The molecule has 2 aliphatic heterocycles. The predicted molar refractivity (Wildman–Crippen MR) is 112 cm³/mol. The maximum atomic E-state index is 14.0. The molecule has 0 spiro atoms. The first kappa shape index (κ1) is 21.2. The van der Waals surface area contributed by atoms with Gasteiger partial charge in [-0.05, 0) is 66.6 Å². The predicted octanol–water partition coefficient (Wildman–Crippen LogP) is 4.90. The molecule has 0 N–H and O–H groups in total. The van der Waals surface area contributed by atoms with E-state index in [-0.39, 0.29) is 23.2 Å². The van der Waals surface area contributed by atoms with Gasteiger partial charge in [-0.15, -0.1) is 0 Å². The molecule has 158 valence electrons. The number of hydrogen-bond donors (Lipinski definition) is 0. The van der Waals surface area contributed by atoms with E-state index in [1.807, 2.05) is 32.0 Å². The molecule has 2 bridgehead atoms. The van der Waals surface area contributed by atoms with Gasteiger partial charge in [-0.25, -0.2) is 4.39 Å². The van der Waals surface area contributed by atoms with Crippen molar-refractivity contribution in [2.24, 2.45) is 0 Å². The Hall–Kier alpha value is -2.08. The number of rotatable bonds is 6. The van der Waals surface area contributed by atoms with Crippen LogP contribution >= 0.6 is 11.6 Å². The van der Waals surface area contributed by atoms with Gasteiger partial charge in [-0.3, -0.25) is 9.59 Å². The van der Waals surface area contributed by atoms with E-state index in [1.165, 1.54) is 12.1 Å². The van der Waals surface area contributed by atoms with Crippen LogP contribution in [0, 0.1) is 5.82 Å². The molecule has 0 amide bonds. The molecule has 3 atom stereocenters. The van der Waals surface area contributed by atoms with E-state index in [1.54, 1.807) is 6.07 Å². The van der Waals surface area contributed by atoms with Gasteiger partial charge in [0.05, 0.1) is 11.6 Å². The number of benzene rings is 2. The summed E-state index contributed by atoms with van der Waals surface area (Å²) in [5.74, 6) is -1.83. The van der Waals surface area contributed by atoms with Crippen molar-refractivity contribution >= 4 is 23.2 Å². The lowest BCUT2D eigenvalue weighted by Gasteiger charge is -2.36. The zero-order valence-corrected chi connectivity index (χ0v) is 17.8. The molecule has 0 aliphatic carbocycles. The summed E-state index contributed by atoms with van der Waals surface area (Å²) in [4.78, 5) is 26.7. The summed E-state index contributed by atoms with van der Waals surface area (Å²) in [5.41, 5.74) is 1.91. The number of carbonyl (C=O) groups is 2. The summed E-state index contributed by atoms with van der Waals surface area (Å²) < 4.78 is 25.4. The Morgan fingerprint density at radius 3 is 2.60 bits per heavy atom. The first-order chi connectivity index (χ1) is 14.4. The van der Waals surface area contributed by atoms with Gasteiger partial charge in [0.1, 0.15) is 17.8 Å². The number of hydrogen-bond acceptors (Lipinski definition) is 4. The number of Topliss-reactive ketones (excluding diaryl/α,β-unsaturated/α-hetero) is 2. The zero-order valence-electron chi connectivity index (χ0n) is 17.0. The Morgan fingerprint density at radius 2 is 1.90 bits per heavy atom. The number of fused-ring (bicyclic) bond motifs is 2. The van der Waals surface area contributed by atoms with Gasteiger partial charge in [0, 0.05) is 6.61 Å². The third-order valence-electron chi connectivity index (χ3n) is 6.12. The van der Waals surface area contributed by atoms with E-state index in [9.17, 15) is 14.0 Å². The maximum absolute atomic E-state index is 14.0. The highest BCUT2D eigenvalue weighted by atomic mass is 35.5. The molecule has 2 aromatic carbocycles. The molecule has 2 saturated heterocycles. The molecule has 2 aliphatic rings. The summed E-state index contributed by atoms with van der Waals surface area (Å²) in [7, 11) is 0. The minimum absolute atomic E-state index is 0.0494. The normalized spacial score (nSPS) is 25.7. The van der Waals surface area contributed by atoms with Crippen molar-refractivity contribution in [2.75, 3.05) is 13.2 Å². The number of ether oxygens (including phenoxy) is 2. The summed E-state index contributed by atoms with van der Waals surface area (Å²) in [6.45, 7) is 4.48. The van der Waals surface area contributed by atoms with Gasteiger partial charge in [-0.1, -0.05) is 36.7 Å². The molecule has 6 heteroatoms. The maximum Gasteiger partial charge on any atom is 0.181 e. The molecular weight excluding hydrogens is 407 g/mol. The third-order valence-corrected chi connectivity index (χ3v) is 6.43. The molecule has 4 rings (SSSR count). The Balaban J connectivity index is 1.79. The van der Waals surface area contributed by atoms with Crippen LogP contribution in [0.15, 0.2) is 36.4 Å². The molecule has 0 saturated carbocycles. The van der Waals surface area contributed by atoms with E-state index < -0.39 is 23.4 Å². The van der Waals surface area contributed by atoms with Gasteiger partial charge >= 0.3 is 0 Å². The minimum atomic E-state index is -1.06. The largest absolute Gasteiger partial charge is 0.378 e. The van der Waals surface area contributed by atoms with E-state index >= 15 is 0 Å². The van der Waals surface area contributed by atoms with E-state index in [4.69, 9.17) is 21.1 Å².